The maximum atomic E-state index is 2.52. The van der Waals surface area contributed by atoms with Crippen LogP contribution in [0.3, 0.4) is 0 Å². The van der Waals surface area contributed by atoms with E-state index in [1.807, 2.05) is 0 Å². The van der Waals surface area contributed by atoms with Crippen molar-refractivity contribution < 1.29 is 0 Å². The minimum absolute atomic E-state index is 0.418. The maximum Gasteiger partial charge on any atom is -0.0156 e. The fourth-order valence-corrected chi connectivity index (χ4v) is 4.08. The molecule has 0 radical (unpaired) electrons. The molecule has 3 rings (SSSR count). The summed E-state index contributed by atoms with van der Waals surface area (Å²) in [5, 5.41) is 0. The van der Waals surface area contributed by atoms with Crippen molar-refractivity contribution in [3.8, 4) is 0 Å². The highest BCUT2D eigenvalue weighted by Crippen LogP contribution is 2.39. The molecule has 0 spiro atoms. The maximum absolute atomic E-state index is 2.52. The van der Waals surface area contributed by atoms with Gasteiger partial charge in [-0.25, -0.2) is 0 Å². The molecular weight excluding hydrogens is 264 g/mol. The van der Waals surface area contributed by atoms with Crippen molar-refractivity contribution in [2.45, 2.75) is 53.4 Å². The van der Waals surface area contributed by atoms with Gasteiger partial charge in [0.1, 0.15) is 0 Å². The average Bonchev–Trinajstić information content (AvgIpc) is 2.48. The van der Waals surface area contributed by atoms with Crippen molar-refractivity contribution in [3.63, 3.8) is 0 Å². The van der Waals surface area contributed by atoms with Gasteiger partial charge in [0.15, 0.2) is 0 Å². The topological polar surface area (TPSA) is 0 Å². The van der Waals surface area contributed by atoms with E-state index in [9.17, 15) is 0 Å². The lowest BCUT2D eigenvalue weighted by Gasteiger charge is -2.34. The van der Waals surface area contributed by atoms with Crippen LogP contribution < -0.4 is 0 Å². The van der Waals surface area contributed by atoms with Gasteiger partial charge in [-0.1, -0.05) is 68.8 Å². The smallest absolute Gasteiger partial charge is 0.0156 e. The van der Waals surface area contributed by atoms with Crippen molar-refractivity contribution in [2.75, 3.05) is 0 Å². The first-order valence-corrected chi connectivity index (χ1v) is 8.88. The Morgan fingerprint density at radius 1 is 1.05 bits per heavy atom. The van der Waals surface area contributed by atoms with Gasteiger partial charge in [0.25, 0.3) is 0 Å². The van der Waals surface area contributed by atoms with Crippen molar-refractivity contribution in [1.82, 2.24) is 0 Å². The molecule has 0 N–H and O–H groups in total. The minimum atomic E-state index is 0.418. The van der Waals surface area contributed by atoms with Crippen molar-refractivity contribution in [2.24, 2.45) is 23.2 Å². The zero-order valence-corrected chi connectivity index (χ0v) is 14.6. The Kier molecular flexibility index (Phi) is 4.30. The van der Waals surface area contributed by atoms with E-state index in [1.165, 1.54) is 36.8 Å². The van der Waals surface area contributed by atoms with Crippen LogP contribution in [0.4, 0.5) is 0 Å². The molecule has 0 nitrogen and oxygen atoms in total. The summed E-state index contributed by atoms with van der Waals surface area (Å²) in [6.07, 6.45) is 12.7. The molecular formula is C22H30. The number of fused-ring (bicyclic) bond motifs is 1. The van der Waals surface area contributed by atoms with E-state index < -0.39 is 0 Å². The molecule has 0 saturated heterocycles. The number of allylic oxidation sites excluding steroid dienone is 3. The summed E-state index contributed by atoms with van der Waals surface area (Å²) in [6.45, 7) is 9.43. The lowest BCUT2D eigenvalue weighted by atomic mass is 9.71. The van der Waals surface area contributed by atoms with Gasteiger partial charge in [-0.05, 0) is 66.9 Å². The molecule has 3 atom stereocenters. The fourth-order valence-electron chi connectivity index (χ4n) is 4.08. The quantitative estimate of drug-likeness (QED) is 0.563. The Bertz CT molecular complexity index is 582. The van der Waals surface area contributed by atoms with E-state index in [-0.39, 0.29) is 0 Å². The molecule has 2 aliphatic rings. The van der Waals surface area contributed by atoms with Crippen LogP contribution in [0.1, 0.15) is 58.1 Å². The molecule has 1 aromatic rings. The van der Waals surface area contributed by atoms with Crippen LogP contribution in [0.2, 0.25) is 0 Å². The van der Waals surface area contributed by atoms with E-state index in [2.05, 4.69) is 70.2 Å². The summed E-state index contributed by atoms with van der Waals surface area (Å²) < 4.78 is 0. The van der Waals surface area contributed by atoms with Gasteiger partial charge in [-0.15, -0.1) is 0 Å². The summed E-state index contributed by atoms with van der Waals surface area (Å²) in [5.41, 5.74) is 4.96. The molecule has 0 aliphatic heterocycles. The first-order chi connectivity index (χ1) is 10.4. The van der Waals surface area contributed by atoms with E-state index >= 15 is 0 Å². The second kappa shape index (κ2) is 6.07. The minimum Gasteiger partial charge on any atom is -0.0851 e. The molecule has 3 unspecified atom stereocenters. The van der Waals surface area contributed by atoms with Crippen LogP contribution in [0, 0.1) is 23.2 Å². The normalized spacial score (nSPS) is 28.2. The third-order valence-corrected chi connectivity index (χ3v) is 5.71. The molecule has 0 fully saturated rings. The van der Waals surface area contributed by atoms with E-state index in [1.54, 1.807) is 5.57 Å². The molecule has 0 aromatic heterocycles. The number of hydrogen-bond acceptors (Lipinski definition) is 0. The largest absolute Gasteiger partial charge is 0.0851 e. The Labute approximate surface area is 136 Å². The Morgan fingerprint density at radius 3 is 2.50 bits per heavy atom. The second-order valence-electron chi connectivity index (χ2n) is 8.42. The predicted molar refractivity (Wildman–Crippen MR) is 96.7 cm³/mol. The SMILES string of the molecule is CC1=Cc2ccccc2CC1CC1C=CC(C(C)(C)C)CC1. The van der Waals surface area contributed by atoms with Crippen LogP contribution in [0.25, 0.3) is 6.08 Å². The van der Waals surface area contributed by atoms with Crippen LogP contribution in [0.15, 0.2) is 42.0 Å². The first-order valence-electron chi connectivity index (χ1n) is 8.88. The standard InChI is InChI=1S/C22H30/c1-16-13-18-7-5-6-8-19(18)15-20(16)14-17-9-11-21(12-10-17)22(2,3)4/h5-9,11,13,17,20-21H,10,12,14-15H2,1-4H3. The molecule has 2 aliphatic carbocycles. The van der Waals surface area contributed by atoms with E-state index in [4.69, 9.17) is 0 Å². The number of rotatable bonds is 2. The van der Waals surface area contributed by atoms with Crippen LogP contribution in [-0.2, 0) is 6.42 Å². The van der Waals surface area contributed by atoms with Crippen LogP contribution in [0.5, 0.6) is 0 Å². The molecule has 0 bridgehead atoms. The zero-order valence-electron chi connectivity index (χ0n) is 14.6. The fraction of sp³-hybridized carbons (Fsp3) is 0.545. The van der Waals surface area contributed by atoms with Gasteiger partial charge in [0.2, 0.25) is 0 Å². The van der Waals surface area contributed by atoms with Gasteiger partial charge in [0.05, 0.1) is 0 Å². The first kappa shape index (κ1) is 15.6. The van der Waals surface area contributed by atoms with Crippen molar-refractivity contribution >= 4 is 6.08 Å². The van der Waals surface area contributed by atoms with Gasteiger partial charge in [-0.3, -0.25) is 0 Å². The zero-order chi connectivity index (χ0) is 15.7. The predicted octanol–water partition coefficient (Wildman–Crippen LogP) is 6.28. The summed E-state index contributed by atoms with van der Waals surface area (Å²) >= 11 is 0. The molecule has 118 valence electrons. The molecule has 0 heterocycles. The number of benzene rings is 1. The van der Waals surface area contributed by atoms with Crippen molar-refractivity contribution in [3.05, 3.63) is 53.1 Å². The lowest BCUT2D eigenvalue weighted by molar-refractivity contribution is 0.246. The van der Waals surface area contributed by atoms with Crippen LogP contribution in [-0.4, -0.2) is 0 Å². The second-order valence-corrected chi connectivity index (χ2v) is 8.42. The summed E-state index contributed by atoms with van der Waals surface area (Å²) in [4.78, 5) is 0. The average molecular weight is 294 g/mol. The number of hydrogen-bond donors (Lipinski definition) is 0. The highest BCUT2D eigenvalue weighted by Gasteiger charge is 2.28. The Hall–Kier alpha value is -1.30. The molecule has 0 heteroatoms. The molecule has 0 amide bonds. The summed E-state index contributed by atoms with van der Waals surface area (Å²) in [6, 6.07) is 8.89. The van der Waals surface area contributed by atoms with Gasteiger partial charge < -0.3 is 0 Å². The summed E-state index contributed by atoms with van der Waals surface area (Å²) in [5.74, 6) is 2.26. The highest BCUT2D eigenvalue weighted by molar-refractivity contribution is 5.59. The third kappa shape index (κ3) is 3.37. The van der Waals surface area contributed by atoms with Gasteiger partial charge in [0, 0.05) is 0 Å². The highest BCUT2D eigenvalue weighted by atomic mass is 14.3. The molecule has 22 heavy (non-hydrogen) atoms. The Morgan fingerprint density at radius 2 is 1.82 bits per heavy atom. The van der Waals surface area contributed by atoms with Gasteiger partial charge in [-0.2, -0.15) is 0 Å². The lowest BCUT2D eigenvalue weighted by Crippen LogP contribution is -2.23. The third-order valence-electron chi connectivity index (χ3n) is 5.71. The molecule has 1 aromatic carbocycles. The van der Waals surface area contributed by atoms with Gasteiger partial charge >= 0.3 is 0 Å². The molecule has 0 saturated carbocycles. The monoisotopic (exact) mass is 294 g/mol. The van der Waals surface area contributed by atoms with E-state index in [0.29, 0.717) is 5.41 Å². The van der Waals surface area contributed by atoms with Crippen LogP contribution >= 0.6 is 0 Å². The Balaban J connectivity index is 1.66. The summed E-state index contributed by atoms with van der Waals surface area (Å²) in [7, 11) is 0. The van der Waals surface area contributed by atoms with E-state index in [0.717, 1.165) is 17.8 Å². The van der Waals surface area contributed by atoms with Crippen molar-refractivity contribution in [1.29, 1.82) is 0 Å².